The van der Waals surface area contributed by atoms with Crippen LogP contribution in [0.25, 0.3) is 16.9 Å². The molecular formula is C40H44N8O6. The van der Waals surface area contributed by atoms with Gasteiger partial charge in [0.2, 0.25) is 0 Å². The molecule has 0 fully saturated rings. The smallest absolute Gasteiger partial charge is 0.321 e. The maximum Gasteiger partial charge on any atom is 0.321 e. The van der Waals surface area contributed by atoms with Gasteiger partial charge in [0.25, 0.3) is 5.56 Å². The highest BCUT2D eigenvalue weighted by atomic mass is 16.5. The summed E-state index contributed by atoms with van der Waals surface area (Å²) in [4.78, 5) is 66.1. The summed E-state index contributed by atoms with van der Waals surface area (Å²) in [7, 11) is 0. The molecule has 0 aromatic carbocycles. The average molecular weight is 733 g/mol. The Hall–Kier alpha value is -6.67. The number of nitrogens with one attached hydrogen (secondary N) is 1. The summed E-state index contributed by atoms with van der Waals surface area (Å²) in [5.74, 6) is -1.23. The number of hydrogen-bond donors (Lipinski definition) is 2. The van der Waals surface area contributed by atoms with Crippen molar-refractivity contribution in [2.75, 3.05) is 13.2 Å². The van der Waals surface area contributed by atoms with Gasteiger partial charge in [-0.1, -0.05) is 30.3 Å². The molecule has 0 bridgehead atoms. The van der Waals surface area contributed by atoms with E-state index < -0.39 is 11.9 Å². The second-order valence-electron chi connectivity index (χ2n) is 11.2. The number of rotatable bonds is 10. The molecule has 0 aliphatic heterocycles. The second kappa shape index (κ2) is 23.0. The molecule has 6 heterocycles. The summed E-state index contributed by atoms with van der Waals surface area (Å²) in [6.45, 7) is 8.01. The summed E-state index contributed by atoms with van der Waals surface area (Å²) in [5.41, 5.74) is 9.94. The Morgan fingerprint density at radius 1 is 0.759 bits per heavy atom. The van der Waals surface area contributed by atoms with Crippen LogP contribution >= 0.6 is 0 Å². The normalized spacial score (nSPS) is 10.5. The standard InChI is InChI=1S/C14H12N4O.C11H13NO3.C9H11NO2.C6H8N2/c1-10-13(11-5-4-7-15-9-11)14(19)18(17-10)12-6-2-3-8-16-12;1-3-15-11(14)10(8(2)13)9-5-4-6-12-7-9;1-2-12-9(11)6-8-4-3-5-10-7-8;7-4-6-2-1-3-8-5-6/h2-9,17H,1H3;4-7,10H,3H2,1-2H3;3-5,7H,2,6H2,1H3;1-3,5H,4,7H2. The van der Waals surface area contributed by atoms with Gasteiger partial charge in [0.1, 0.15) is 11.7 Å². The first kappa shape index (κ1) is 41.7. The lowest BCUT2D eigenvalue weighted by molar-refractivity contribution is -0.147. The zero-order valence-corrected chi connectivity index (χ0v) is 30.7. The topological polar surface area (TPSA) is 198 Å². The molecule has 0 amide bonds. The number of ketones is 1. The van der Waals surface area contributed by atoms with Crippen LogP contribution in [0.3, 0.4) is 0 Å². The molecular weight excluding hydrogens is 688 g/mol. The molecule has 1 unspecified atom stereocenters. The summed E-state index contributed by atoms with van der Waals surface area (Å²) in [5, 5.41) is 3.04. The van der Waals surface area contributed by atoms with Crippen LogP contribution in [0.4, 0.5) is 0 Å². The fourth-order valence-corrected chi connectivity index (χ4v) is 4.75. The van der Waals surface area contributed by atoms with Crippen molar-refractivity contribution in [3.05, 3.63) is 155 Å². The van der Waals surface area contributed by atoms with E-state index in [1.807, 2.05) is 49.4 Å². The molecule has 6 rings (SSSR count). The molecule has 0 saturated carbocycles. The molecule has 0 aliphatic rings. The van der Waals surface area contributed by atoms with Crippen LogP contribution in [0.1, 0.15) is 49.1 Å². The van der Waals surface area contributed by atoms with Crippen molar-refractivity contribution in [1.82, 2.24) is 34.7 Å². The summed E-state index contributed by atoms with van der Waals surface area (Å²) < 4.78 is 11.1. The minimum absolute atomic E-state index is 0.121. The van der Waals surface area contributed by atoms with Crippen LogP contribution in [-0.2, 0) is 36.8 Å². The number of esters is 2. The predicted octanol–water partition coefficient (Wildman–Crippen LogP) is 4.98. The molecule has 0 radical (unpaired) electrons. The highest BCUT2D eigenvalue weighted by Crippen LogP contribution is 2.18. The van der Waals surface area contributed by atoms with E-state index in [-0.39, 0.29) is 23.9 Å². The van der Waals surface area contributed by atoms with E-state index in [1.54, 1.807) is 87.7 Å². The van der Waals surface area contributed by atoms with Crippen LogP contribution in [0.15, 0.2) is 127 Å². The second-order valence-corrected chi connectivity index (χ2v) is 11.2. The van der Waals surface area contributed by atoms with Gasteiger partial charge in [0.15, 0.2) is 5.82 Å². The third-order valence-electron chi connectivity index (χ3n) is 7.18. The number of Topliss-reactive ketones (excluding diaryl/α,β-unsaturated/α-hetero) is 1. The molecule has 14 nitrogen and oxygen atoms in total. The Labute approximate surface area is 313 Å². The zero-order chi connectivity index (χ0) is 39.1. The Balaban J connectivity index is 0.000000202. The number of aromatic amines is 1. The lowest BCUT2D eigenvalue weighted by atomic mass is 9.97. The number of ether oxygens (including phenoxy) is 2. The monoisotopic (exact) mass is 732 g/mol. The van der Waals surface area contributed by atoms with Crippen LogP contribution in [0.2, 0.25) is 0 Å². The number of pyridine rings is 5. The van der Waals surface area contributed by atoms with E-state index in [9.17, 15) is 19.2 Å². The summed E-state index contributed by atoms with van der Waals surface area (Å²) in [6.07, 6.45) is 15.3. The molecule has 6 aromatic rings. The number of hydrogen-bond acceptors (Lipinski definition) is 12. The van der Waals surface area contributed by atoms with Crippen molar-refractivity contribution in [3.8, 4) is 16.9 Å². The van der Waals surface area contributed by atoms with Crippen molar-refractivity contribution < 1.29 is 23.9 Å². The van der Waals surface area contributed by atoms with Gasteiger partial charge in [-0.05, 0) is 80.8 Å². The maximum absolute atomic E-state index is 12.5. The Morgan fingerprint density at radius 3 is 1.85 bits per heavy atom. The van der Waals surface area contributed by atoms with E-state index in [1.165, 1.54) is 17.8 Å². The first-order valence-electron chi connectivity index (χ1n) is 17.0. The molecule has 14 heteroatoms. The number of aromatic nitrogens is 7. The zero-order valence-electron chi connectivity index (χ0n) is 30.7. The lowest BCUT2D eigenvalue weighted by Gasteiger charge is -2.11. The van der Waals surface area contributed by atoms with Gasteiger partial charge in [0, 0.05) is 73.6 Å². The summed E-state index contributed by atoms with van der Waals surface area (Å²) >= 11 is 0. The van der Waals surface area contributed by atoms with Crippen molar-refractivity contribution in [1.29, 1.82) is 0 Å². The van der Waals surface area contributed by atoms with Crippen LogP contribution in [0, 0.1) is 6.92 Å². The van der Waals surface area contributed by atoms with E-state index in [0.29, 0.717) is 36.5 Å². The quantitative estimate of drug-likeness (QED) is 0.142. The Morgan fingerprint density at radius 2 is 1.37 bits per heavy atom. The third kappa shape index (κ3) is 13.5. The van der Waals surface area contributed by atoms with Crippen molar-refractivity contribution >= 4 is 17.7 Å². The molecule has 3 N–H and O–H groups in total. The number of carbonyl (C=O) groups excluding carboxylic acids is 3. The minimum atomic E-state index is -0.848. The highest BCUT2D eigenvalue weighted by Gasteiger charge is 2.26. The van der Waals surface area contributed by atoms with Gasteiger partial charge in [-0.2, -0.15) is 0 Å². The van der Waals surface area contributed by atoms with Crippen LogP contribution in [-0.4, -0.2) is 65.6 Å². The molecule has 1 atom stereocenters. The van der Waals surface area contributed by atoms with Crippen LogP contribution < -0.4 is 11.3 Å². The van der Waals surface area contributed by atoms with Crippen LogP contribution in [0.5, 0.6) is 0 Å². The Kier molecular flexibility index (Phi) is 17.8. The third-order valence-corrected chi connectivity index (χ3v) is 7.18. The van der Waals surface area contributed by atoms with Crippen molar-refractivity contribution in [2.24, 2.45) is 5.73 Å². The van der Waals surface area contributed by atoms with Gasteiger partial charge in [-0.25, -0.2) is 9.67 Å². The lowest BCUT2D eigenvalue weighted by Crippen LogP contribution is -2.22. The average Bonchev–Trinajstić information content (AvgIpc) is 3.50. The van der Waals surface area contributed by atoms with E-state index >= 15 is 0 Å². The fourth-order valence-electron chi connectivity index (χ4n) is 4.75. The molecule has 280 valence electrons. The Bertz CT molecular complexity index is 2040. The van der Waals surface area contributed by atoms with E-state index in [0.717, 1.165) is 22.4 Å². The van der Waals surface area contributed by atoms with E-state index in [4.69, 9.17) is 15.2 Å². The fraction of sp³-hybridized carbons (Fsp3) is 0.225. The molecule has 54 heavy (non-hydrogen) atoms. The number of aryl methyl sites for hydroxylation is 1. The molecule has 6 aromatic heterocycles. The molecule has 0 spiro atoms. The number of carbonyl (C=O) groups is 3. The van der Waals surface area contributed by atoms with Gasteiger partial charge >= 0.3 is 11.9 Å². The highest BCUT2D eigenvalue weighted by molar-refractivity contribution is 6.03. The largest absolute Gasteiger partial charge is 0.466 e. The van der Waals surface area contributed by atoms with Gasteiger partial charge < -0.3 is 15.2 Å². The number of H-pyrrole nitrogens is 1. The van der Waals surface area contributed by atoms with Gasteiger partial charge in [0.05, 0.1) is 25.2 Å². The molecule has 0 aliphatic carbocycles. The van der Waals surface area contributed by atoms with Crippen molar-refractivity contribution in [3.63, 3.8) is 0 Å². The number of nitrogens with two attached hydrogens (primary N) is 1. The van der Waals surface area contributed by atoms with Crippen molar-refractivity contribution in [2.45, 2.75) is 46.6 Å². The van der Waals surface area contributed by atoms with Gasteiger partial charge in [-0.3, -0.25) is 44.2 Å². The number of nitrogens with zero attached hydrogens (tertiary/aromatic N) is 6. The molecule has 0 saturated heterocycles. The summed E-state index contributed by atoms with van der Waals surface area (Å²) in [6, 6.07) is 20.0. The first-order valence-corrected chi connectivity index (χ1v) is 17.0. The van der Waals surface area contributed by atoms with E-state index in [2.05, 4.69) is 30.0 Å². The predicted molar refractivity (Wildman–Crippen MR) is 203 cm³/mol. The first-order chi connectivity index (χ1) is 26.2. The van der Waals surface area contributed by atoms with Gasteiger partial charge in [-0.15, -0.1) is 0 Å². The SMILES string of the molecule is CCOC(=O)C(C(C)=O)c1cccnc1.CCOC(=O)Cc1cccnc1.Cc1[nH]n(-c2ccccn2)c(=O)c1-c1cccnc1.NCc1cccnc1. The minimum Gasteiger partial charge on any atom is -0.466 e. The maximum atomic E-state index is 12.5.